The van der Waals surface area contributed by atoms with Crippen molar-refractivity contribution in [3.05, 3.63) is 41.3 Å². The lowest BCUT2D eigenvalue weighted by molar-refractivity contribution is 0.0951. The molecule has 0 fully saturated rings. The molecule has 0 spiro atoms. The molecular formula is C13H17N5O. The minimum atomic E-state index is -0.148. The van der Waals surface area contributed by atoms with Crippen LogP contribution in [0.2, 0.25) is 0 Å². The van der Waals surface area contributed by atoms with Crippen molar-refractivity contribution < 1.29 is 4.79 Å². The molecule has 0 atom stereocenters. The van der Waals surface area contributed by atoms with E-state index in [9.17, 15) is 4.79 Å². The lowest BCUT2D eigenvalue weighted by Gasteiger charge is -2.09. The molecule has 0 aliphatic heterocycles. The molecule has 6 nitrogen and oxygen atoms in total. The Morgan fingerprint density at radius 1 is 1.47 bits per heavy atom. The number of hydrogen-bond donors (Lipinski definition) is 3. The Labute approximate surface area is 111 Å². The summed E-state index contributed by atoms with van der Waals surface area (Å²) in [5, 5.41) is 12.7. The number of nitrogens with zero attached hydrogens (tertiary/aromatic N) is 2. The summed E-state index contributed by atoms with van der Waals surface area (Å²) in [5.74, 6) is 0.455. The third kappa shape index (κ3) is 3.09. The van der Waals surface area contributed by atoms with Crippen molar-refractivity contribution in [3.63, 3.8) is 0 Å². The first-order chi connectivity index (χ1) is 9.22. The molecule has 0 bridgehead atoms. The Morgan fingerprint density at radius 3 is 3.00 bits per heavy atom. The molecule has 2 heterocycles. The highest BCUT2D eigenvalue weighted by Gasteiger charge is 2.11. The Bertz CT molecular complexity index is 564. The zero-order chi connectivity index (χ0) is 13.7. The van der Waals surface area contributed by atoms with E-state index >= 15 is 0 Å². The molecule has 2 aromatic rings. The van der Waals surface area contributed by atoms with E-state index in [1.807, 2.05) is 13.8 Å². The molecule has 0 unspecified atom stereocenters. The number of rotatable bonds is 5. The van der Waals surface area contributed by atoms with Crippen LogP contribution >= 0.6 is 0 Å². The maximum atomic E-state index is 12.1. The summed E-state index contributed by atoms with van der Waals surface area (Å²) in [5.41, 5.74) is 2.48. The van der Waals surface area contributed by atoms with Crippen LogP contribution in [0.3, 0.4) is 0 Å². The van der Waals surface area contributed by atoms with Gasteiger partial charge < -0.3 is 10.6 Å². The zero-order valence-corrected chi connectivity index (χ0v) is 11.0. The van der Waals surface area contributed by atoms with Gasteiger partial charge in [0.1, 0.15) is 5.82 Å². The van der Waals surface area contributed by atoms with E-state index in [1.165, 1.54) is 0 Å². The maximum absolute atomic E-state index is 12.1. The predicted octanol–water partition coefficient (Wildman–Crippen LogP) is 1.47. The number of aromatic nitrogens is 3. The summed E-state index contributed by atoms with van der Waals surface area (Å²) >= 11 is 0. The van der Waals surface area contributed by atoms with E-state index in [0.717, 1.165) is 17.8 Å². The Kier molecular flexibility index (Phi) is 4.12. The average Bonchev–Trinajstić information content (AvgIpc) is 2.82. The summed E-state index contributed by atoms with van der Waals surface area (Å²) in [6, 6.07) is 3.50. The normalized spacial score (nSPS) is 10.2. The lowest BCUT2D eigenvalue weighted by atomic mass is 10.2. The number of pyridine rings is 1. The second kappa shape index (κ2) is 5.99. The minimum absolute atomic E-state index is 0.148. The van der Waals surface area contributed by atoms with Gasteiger partial charge in [0.05, 0.1) is 11.8 Å². The third-order valence-electron chi connectivity index (χ3n) is 2.77. The molecule has 3 N–H and O–H groups in total. The van der Waals surface area contributed by atoms with Crippen LogP contribution in [-0.2, 0) is 6.54 Å². The van der Waals surface area contributed by atoms with Gasteiger partial charge in [-0.05, 0) is 26.0 Å². The lowest BCUT2D eigenvalue weighted by Crippen LogP contribution is -2.24. The van der Waals surface area contributed by atoms with E-state index in [2.05, 4.69) is 25.8 Å². The van der Waals surface area contributed by atoms with Crippen LogP contribution in [0.4, 0.5) is 5.82 Å². The van der Waals surface area contributed by atoms with Gasteiger partial charge in [0.15, 0.2) is 0 Å². The minimum Gasteiger partial charge on any atom is -0.370 e. The quantitative estimate of drug-likeness (QED) is 0.759. The molecule has 0 aromatic carbocycles. The molecule has 0 radical (unpaired) electrons. The molecule has 0 aliphatic rings. The van der Waals surface area contributed by atoms with Gasteiger partial charge in [0.2, 0.25) is 0 Å². The van der Waals surface area contributed by atoms with Gasteiger partial charge in [-0.1, -0.05) is 0 Å². The number of amides is 1. The van der Waals surface area contributed by atoms with Gasteiger partial charge in [-0.25, -0.2) is 4.98 Å². The van der Waals surface area contributed by atoms with E-state index in [1.54, 1.807) is 24.5 Å². The Hall–Kier alpha value is -2.37. The molecule has 0 saturated carbocycles. The van der Waals surface area contributed by atoms with Crippen LogP contribution in [0, 0.1) is 6.92 Å². The molecular weight excluding hydrogens is 242 g/mol. The summed E-state index contributed by atoms with van der Waals surface area (Å²) in [4.78, 5) is 16.3. The van der Waals surface area contributed by atoms with Gasteiger partial charge in [-0.15, -0.1) is 0 Å². The van der Waals surface area contributed by atoms with Crippen molar-refractivity contribution in [2.75, 3.05) is 11.9 Å². The molecule has 2 rings (SSSR count). The number of H-pyrrole nitrogens is 1. The van der Waals surface area contributed by atoms with Gasteiger partial charge >= 0.3 is 0 Å². The standard InChI is InChI=1S/C13H17N5O/c1-3-14-12-11(5-4-6-15-12)13(19)16-7-10-8-17-18-9(10)2/h4-6,8H,3,7H2,1-2H3,(H,14,15)(H,16,19)(H,17,18). The smallest absolute Gasteiger partial charge is 0.255 e. The van der Waals surface area contributed by atoms with Crippen LogP contribution in [0.25, 0.3) is 0 Å². The highest BCUT2D eigenvalue weighted by Crippen LogP contribution is 2.11. The van der Waals surface area contributed by atoms with Crippen molar-refractivity contribution >= 4 is 11.7 Å². The van der Waals surface area contributed by atoms with Gasteiger partial charge in [0.25, 0.3) is 5.91 Å². The number of anilines is 1. The van der Waals surface area contributed by atoms with Crippen LogP contribution < -0.4 is 10.6 Å². The fourth-order valence-corrected chi connectivity index (χ4v) is 1.72. The summed E-state index contributed by atoms with van der Waals surface area (Å²) in [7, 11) is 0. The third-order valence-corrected chi connectivity index (χ3v) is 2.77. The van der Waals surface area contributed by atoms with E-state index < -0.39 is 0 Å². The van der Waals surface area contributed by atoms with E-state index in [4.69, 9.17) is 0 Å². The van der Waals surface area contributed by atoms with Crippen molar-refractivity contribution in [2.24, 2.45) is 0 Å². The largest absolute Gasteiger partial charge is 0.370 e. The van der Waals surface area contributed by atoms with Crippen molar-refractivity contribution in [1.29, 1.82) is 0 Å². The number of carbonyl (C=O) groups excluding carboxylic acids is 1. The predicted molar refractivity (Wildman–Crippen MR) is 72.9 cm³/mol. The maximum Gasteiger partial charge on any atom is 0.255 e. The zero-order valence-electron chi connectivity index (χ0n) is 11.0. The summed E-state index contributed by atoms with van der Waals surface area (Å²) < 4.78 is 0. The second-order valence-corrected chi connectivity index (χ2v) is 4.13. The van der Waals surface area contributed by atoms with Crippen LogP contribution in [0.15, 0.2) is 24.5 Å². The molecule has 0 saturated heterocycles. The average molecular weight is 259 g/mol. The van der Waals surface area contributed by atoms with Crippen LogP contribution in [0.1, 0.15) is 28.5 Å². The van der Waals surface area contributed by atoms with Gasteiger partial charge in [-0.2, -0.15) is 5.10 Å². The molecule has 100 valence electrons. The number of nitrogens with one attached hydrogen (secondary N) is 3. The van der Waals surface area contributed by atoms with Crippen molar-refractivity contribution in [3.8, 4) is 0 Å². The topological polar surface area (TPSA) is 82.7 Å². The first-order valence-corrected chi connectivity index (χ1v) is 6.18. The summed E-state index contributed by atoms with van der Waals surface area (Å²) in [6.45, 7) is 5.05. The molecule has 0 aliphatic carbocycles. The number of hydrogen-bond acceptors (Lipinski definition) is 4. The van der Waals surface area contributed by atoms with Crippen molar-refractivity contribution in [1.82, 2.24) is 20.5 Å². The molecule has 1 amide bonds. The number of aromatic amines is 1. The summed E-state index contributed by atoms with van der Waals surface area (Å²) in [6.07, 6.45) is 3.37. The Balaban J connectivity index is 2.06. The first kappa shape index (κ1) is 13.1. The number of carbonyl (C=O) groups is 1. The number of aryl methyl sites for hydroxylation is 1. The highest BCUT2D eigenvalue weighted by molar-refractivity contribution is 5.98. The van der Waals surface area contributed by atoms with E-state index in [0.29, 0.717) is 17.9 Å². The SMILES string of the molecule is CCNc1ncccc1C(=O)NCc1cn[nH]c1C. The second-order valence-electron chi connectivity index (χ2n) is 4.13. The fraction of sp³-hybridized carbons (Fsp3) is 0.308. The monoisotopic (exact) mass is 259 g/mol. The Morgan fingerprint density at radius 2 is 2.32 bits per heavy atom. The molecule has 2 aromatic heterocycles. The first-order valence-electron chi connectivity index (χ1n) is 6.18. The molecule has 6 heteroatoms. The van der Waals surface area contributed by atoms with Gasteiger partial charge in [-0.3, -0.25) is 9.89 Å². The van der Waals surface area contributed by atoms with Crippen molar-refractivity contribution in [2.45, 2.75) is 20.4 Å². The van der Waals surface area contributed by atoms with Crippen LogP contribution in [0.5, 0.6) is 0 Å². The fourth-order valence-electron chi connectivity index (χ4n) is 1.72. The van der Waals surface area contributed by atoms with E-state index in [-0.39, 0.29) is 5.91 Å². The molecule has 19 heavy (non-hydrogen) atoms. The highest BCUT2D eigenvalue weighted by atomic mass is 16.1. The van der Waals surface area contributed by atoms with Crippen LogP contribution in [-0.4, -0.2) is 27.6 Å². The van der Waals surface area contributed by atoms with Gasteiger partial charge in [0, 0.05) is 30.5 Å².